The number of aliphatic hydroxyl groups is 1. The number of aliphatic hydroxyl groups excluding tert-OH is 1. The highest BCUT2D eigenvalue weighted by Crippen LogP contribution is 2.43. The van der Waals surface area contributed by atoms with E-state index in [1.54, 1.807) is 0 Å². The number of hydrogen-bond acceptors (Lipinski definition) is 10. The molecule has 3 unspecified atom stereocenters. The Labute approximate surface area is 429 Å². The smallest absolute Gasteiger partial charge is 0.462 e. The third kappa shape index (κ3) is 50.9. The van der Waals surface area contributed by atoms with Gasteiger partial charge in [0.05, 0.1) is 19.8 Å². The van der Waals surface area contributed by atoms with Gasteiger partial charge in [-0.25, -0.2) is 4.57 Å². The Morgan fingerprint density at radius 3 is 1.09 bits per heavy atom. The first kappa shape index (κ1) is 68.0. The lowest BCUT2D eigenvalue weighted by Gasteiger charge is -2.21. The number of phosphoric ester groups is 1. The van der Waals surface area contributed by atoms with Gasteiger partial charge in [0.2, 0.25) is 0 Å². The summed E-state index contributed by atoms with van der Waals surface area (Å²) < 4.78 is 39.5. The minimum Gasteiger partial charge on any atom is -0.462 e. The van der Waals surface area contributed by atoms with Crippen molar-refractivity contribution in [2.45, 2.75) is 303 Å². The SMILES string of the molecule is CCCCC/C=C\C/C=C\CCCCCCCC(=O)OC(CO)COP(=O)(O)OCC(COC(=O)CCCCCCCCCCC)OC(=O)CCCCCCCCCCCCCCCCCCCCC. The molecular weight excluding hydrogens is 904 g/mol. The van der Waals surface area contributed by atoms with Gasteiger partial charge in [-0.15, -0.1) is 0 Å². The van der Waals surface area contributed by atoms with Crippen molar-refractivity contribution in [3.8, 4) is 0 Å². The molecule has 0 radical (unpaired) electrons. The van der Waals surface area contributed by atoms with Gasteiger partial charge in [0.25, 0.3) is 0 Å². The third-order valence-electron chi connectivity index (χ3n) is 12.9. The van der Waals surface area contributed by atoms with Crippen LogP contribution in [0, 0.1) is 0 Å². The van der Waals surface area contributed by atoms with E-state index in [0.717, 1.165) is 83.5 Å². The number of phosphoric acid groups is 1. The molecule has 0 saturated carbocycles. The van der Waals surface area contributed by atoms with Crippen LogP contribution in [0.15, 0.2) is 24.3 Å². The summed E-state index contributed by atoms with van der Waals surface area (Å²) in [6.07, 6.45) is 52.9. The second-order valence-electron chi connectivity index (χ2n) is 19.8. The van der Waals surface area contributed by atoms with Crippen LogP contribution in [0.4, 0.5) is 0 Å². The molecule has 0 aromatic heterocycles. The lowest BCUT2D eigenvalue weighted by Crippen LogP contribution is -2.30. The van der Waals surface area contributed by atoms with Crippen LogP contribution in [0.2, 0.25) is 0 Å². The lowest BCUT2D eigenvalue weighted by atomic mass is 10.0. The maximum absolute atomic E-state index is 12.9. The number of esters is 3. The second kappa shape index (κ2) is 53.3. The summed E-state index contributed by atoms with van der Waals surface area (Å²) in [6.45, 7) is 4.63. The minimum absolute atomic E-state index is 0.165. The highest BCUT2D eigenvalue weighted by Gasteiger charge is 2.28. The zero-order chi connectivity index (χ0) is 51.3. The number of carbonyl (C=O) groups is 3. The lowest BCUT2D eigenvalue weighted by molar-refractivity contribution is -0.161. The highest BCUT2D eigenvalue weighted by atomic mass is 31.2. The van der Waals surface area contributed by atoms with Gasteiger partial charge in [0.1, 0.15) is 12.7 Å². The topological polar surface area (TPSA) is 155 Å². The molecule has 3 atom stereocenters. The maximum atomic E-state index is 12.9. The van der Waals surface area contributed by atoms with E-state index in [-0.39, 0.29) is 25.9 Å². The van der Waals surface area contributed by atoms with Gasteiger partial charge in [0, 0.05) is 19.3 Å². The molecule has 0 aliphatic carbocycles. The summed E-state index contributed by atoms with van der Waals surface area (Å²) in [5.74, 6) is -1.46. The van der Waals surface area contributed by atoms with E-state index in [4.69, 9.17) is 23.3 Å². The Morgan fingerprint density at radius 2 is 0.700 bits per heavy atom. The number of hydrogen-bond donors (Lipinski definition) is 2. The van der Waals surface area contributed by atoms with Crippen LogP contribution in [-0.4, -0.2) is 66.5 Å². The van der Waals surface area contributed by atoms with E-state index >= 15 is 0 Å². The Hall–Kier alpha value is -2.04. The van der Waals surface area contributed by atoms with Gasteiger partial charge in [-0.1, -0.05) is 244 Å². The summed E-state index contributed by atoms with van der Waals surface area (Å²) in [5.41, 5.74) is 0. The van der Waals surface area contributed by atoms with E-state index in [1.165, 1.54) is 148 Å². The molecule has 0 amide bonds. The predicted octanol–water partition coefficient (Wildman–Crippen LogP) is 17.0. The van der Waals surface area contributed by atoms with Crippen LogP contribution in [0.5, 0.6) is 0 Å². The van der Waals surface area contributed by atoms with Gasteiger partial charge in [-0.3, -0.25) is 23.4 Å². The van der Waals surface area contributed by atoms with Gasteiger partial charge < -0.3 is 24.2 Å². The molecule has 0 bridgehead atoms. The fraction of sp³-hybridized carbons (Fsp3) is 0.879. The van der Waals surface area contributed by atoms with E-state index in [2.05, 4.69) is 45.1 Å². The Balaban J connectivity index is 4.59. The first-order valence-electron chi connectivity index (χ1n) is 29.2. The molecule has 11 nitrogen and oxygen atoms in total. The number of ether oxygens (including phenoxy) is 3. The molecule has 0 aliphatic rings. The van der Waals surface area contributed by atoms with Crippen molar-refractivity contribution in [3.63, 3.8) is 0 Å². The van der Waals surface area contributed by atoms with E-state index in [1.807, 2.05) is 0 Å². The molecule has 412 valence electrons. The Kier molecular flexibility index (Phi) is 51.7. The van der Waals surface area contributed by atoms with Gasteiger partial charge in [-0.05, 0) is 51.4 Å². The summed E-state index contributed by atoms with van der Waals surface area (Å²) in [7, 11) is -4.74. The van der Waals surface area contributed by atoms with Crippen molar-refractivity contribution in [1.29, 1.82) is 0 Å². The maximum Gasteiger partial charge on any atom is 0.472 e. The Morgan fingerprint density at radius 1 is 0.400 bits per heavy atom. The van der Waals surface area contributed by atoms with Gasteiger partial charge in [-0.2, -0.15) is 0 Å². The number of allylic oxidation sites excluding steroid dienone is 4. The number of carbonyl (C=O) groups excluding carboxylic acids is 3. The molecule has 2 N–H and O–H groups in total. The van der Waals surface area contributed by atoms with Gasteiger partial charge in [0.15, 0.2) is 6.10 Å². The molecule has 0 spiro atoms. The molecule has 0 heterocycles. The summed E-state index contributed by atoms with van der Waals surface area (Å²) in [4.78, 5) is 48.4. The zero-order valence-electron chi connectivity index (χ0n) is 45.5. The van der Waals surface area contributed by atoms with Crippen molar-refractivity contribution in [2.75, 3.05) is 26.4 Å². The zero-order valence-corrected chi connectivity index (χ0v) is 46.4. The van der Waals surface area contributed by atoms with Gasteiger partial charge >= 0.3 is 25.7 Å². The molecule has 0 aliphatic heterocycles. The number of unbranched alkanes of at least 4 members (excludes halogenated alkanes) is 34. The summed E-state index contributed by atoms with van der Waals surface area (Å²) >= 11 is 0. The van der Waals surface area contributed by atoms with Crippen LogP contribution in [-0.2, 0) is 42.2 Å². The first-order valence-corrected chi connectivity index (χ1v) is 30.7. The second-order valence-corrected chi connectivity index (χ2v) is 21.3. The average Bonchev–Trinajstić information content (AvgIpc) is 3.35. The standard InChI is InChI=1S/C58H109O11P/c1-4-7-10-13-16-19-21-23-25-26-27-28-30-32-34-37-40-43-46-49-58(62)69-55(51-65-56(60)47-44-41-38-35-18-15-12-9-6-3)53-67-70(63,64)66-52-54(50-59)68-57(61)48-45-42-39-36-33-31-29-24-22-20-17-14-11-8-5-2/h17,20,24,29,54-55,59H,4-16,18-19,21-23,25-28,30-53H2,1-3H3,(H,63,64)/b20-17-,29-24-. The molecule has 0 aromatic carbocycles. The van der Waals surface area contributed by atoms with Crippen molar-refractivity contribution >= 4 is 25.7 Å². The minimum atomic E-state index is -4.74. The number of rotatable bonds is 55. The van der Waals surface area contributed by atoms with Crippen molar-refractivity contribution in [1.82, 2.24) is 0 Å². The Bertz CT molecular complexity index is 1270. The molecule has 12 heteroatoms. The fourth-order valence-electron chi connectivity index (χ4n) is 8.39. The molecule has 0 aromatic rings. The van der Waals surface area contributed by atoms with Crippen molar-refractivity contribution in [2.24, 2.45) is 0 Å². The fourth-order valence-corrected chi connectivity index (χ4v) is 9.17. The molecule has 0 saturated heterocycles. The van der Waals surface area contributed by atoms with Crippen LogP contribution < -0.4 is 0 Å². The van der Waals surface area contributed by atoms with Crippen LogP contribution in [0.25, 0.3) is 0 Å². The average molecular weight is 1010 g/mol. The molecule has 0 rings (SSSR count). The van der Waals surface area contributed by atoms with Crippen molar-refractivity contribution < 1.29 is 52.2 Å². The van der Waals surface area contributed by atoms with E-state index < -0.39 is 57.8 Å². The van der Waals surface area contributed by atoms with E-state index in [9.17, 15) is 28.9 Å². The van der Waals surface area contributed by atoms with Crippen LogP contribution in [0.3, 0.4) is 0 Å². The normalized spacial score (nSPS) is 13.5. The summed E-state index contributed by atoms with van der Waals surface area (Å²) in [6, 6.07) is 0. The highest BCUT2D eigenvalue weighted by molar-refractivity contribution is 7.47. The quantitative estimate of drug-likeness (QED) is 0.0197. The first-order chi connectivity index (χ1) is 34.2. The predicted molar refractivity (Wildman–Crippen MR) is 289 cm³/mol. The summed E-state index contributed by atoms with van der Waals surface area (Å²) in [5, 5.41) is 9.80. The molecular formula is C58H109O11P. The largest absolute Gasteiger partial charge is 0.472 e. The van der Waals surface area contributed by atoms with Crippen LogP contribution in [0.1, 0.15) is 290 Å². The molecule has 70 heavy (non-hydrogen) atoms. The third-order valence-corrected chi connectivity index (χ3v) is 13.8. The van der Waals surface area contributed by atoms with Crippen molar-refractivity contribution in [3.05, 3.63) is 24.3 Å². The van der Waals surface area contributed by atoms with Crippen LogP contribution >= 0.6 is 7.82 Å². The molecule has 0 fully saturated rings. The monoisotopic (exact) mass is 1010 g/mol. The van der Waals surface area contributed by atoms with E-state index in [0.29, 0.717) is 19.3 Å².